The van der Waals surface area contributed by atoms with Crippen molar-refractivity contribution in [3.63, 3.8) is 0 Å². The molecule has 1 heterocycles. The third kappa shape index (κ3) is 6.08. The number of carbonyl (C=O) groups excluding carboxylic acids is 1. The normalized spacial score (nSPS) is 16.0. The van der Waals surface area contributed by atoms with Crippen LogP contribution in [0.5, 0.6) is 11.5 Å². The number of hydrogen-bond acceptors (Lipinski definition) is 5. The van der Waals surface area contributed by atoms with Crippen molar-refractivity contribution in [2.75, 3.05) is 13.2 Å². The summed E-state index contributed by atoms with van der Waals surface area (Å²) in [5, 5.41) is 2.62. The van der Waals surface area contributed by atoms with Gasteiger partial charge in [-0.3, -0.25) is 4.79 Å². The number of rotatable bonds is 9. The van der Waals surface area contributed by atoms with E-state index < -0.39 is 0 Å². The quantitative estimate of drug-likeness (QED) is 0.324. The van der Waals surface area contributed by atoms with Gasteiger partial charge >= 0.3 is 0 Å². The highest BCUT2D eigenvalue weighted by Gasteiger charge is 2.21. The zero-order chi connectivity index (χ0) is 20.6. The minimum atomic E-state index is -0.152. The number of para-hydroxylation sites is 1. The molecule has 0 radical (unpaired) electrons. The summed E-state index contributed by atoms with van der Waals surface area (Å²) in [6, 6.07) is 15.9. The summed E-state index contributed by atoms with van der Waals surface area (Å²) >= 11 is 6.29. The Bertz CT molecular complexity index is 911. The zero-order valence-corrected chi connectivity index (χ0v) is 18.3. The number of nitrogens with one attached hydrogen (secondary N) is 1. The molecule has 0 aromatic heterocycles. The van der Waals surface area contributed by atoms with Crippen LogP contribution in [0.15, 0.2) is 53.4 Å². The second-order valence-corrected chi connectivity index (χ2v) is 8.54. The van der Waals surface area contributed by atoms with E-state index in [0.717, 1.165) is 29.9 Å². The molecule has 1 atom stereocenters. The number of hydrogen-bond donors (Lipinski definition) is 1. The van der Waals surface area contributed by atoms with Crippen molar-refractivity contribution in [3.8, 4) is 11.5 Å². The van der Waals surface area contributed by atoms with Crippen LogP contribution in [0.2, 0.25) is 0 Å². The molecule has 2 aromatic rings. The van der Waals surface area contributed by atoms with Crippen molar-refractivity contribution >= 4 is 40.3 Å². The third-order valence-corrected chi connectivity index (χ3v) is 5.84. The molecule has 0 unspecified atom stereocenters. The van der Waals surface area contributed by atoms with E-state index >= 15 is 0 Å². The molecule has 1 fully saturated rings. The van der Waals surface area contributed by atoms with E-state index in [2.05, 4.69) is 31.3 Å². The van der Waals surface area contributed by atoms with Gasteiger partial charge in [0.2, 0.25) is 0 Å². The molecule has 6 heteroatoms. The van der Waals surface area contributed by atoms with Gasteiger partial charge in [0, 0.05) is 6.42 Å². The van der Waals surface area contributed by atoms with Crippen molar-refractivity contribution in [1.82, 2.24) is 5.32 Å². The highest BCUT2D eigenvalue weighted by molar-refractivity contribution is 8.26. The van der Waals surface area contributed by atoms with Gasteiger partial charge in [-0.25, -0.2) is 0 Å². The fourth-order valence-electron chi connectivity index (χ4n) is 2.94. The van der Waals surface area contributed by atoms with Gasteiger partial charge in [0.05, 0.1) is 18.1 Å². The van der Waals surface area contributed by atoms with Crippen LogP contribution >= 0.6 is 24.0 Å². The number of carbonyl (C=O) groups is 1. The summed E-state index contributed by atoms with van der Waals surface area (Å²) in [5.74, 6) is 2.06. The van der Waals surface area contributed by atoms with Gasteiger partial charge in [0.15, 0.2) is 0 Å². The third-order valence-electron chi connectivity index (χ3n) is 4.68. The number of amides is 1. The first kappa shape index (κ1) is 21.4. The van der Waals surface area contributed by atoms with Crippen molar-refractivity contribution < 1.29 is 14.3 Å². The fourth-order valence-corrected chi connectivity index (χ4v) is 3.98. The lowest BCUT2D eigenvalue weighted by atomic mass is 9.98. The molecule has 4 nitrogen and oxygen atoms in total. The standard InChI is InChI=1S/C23H25NO3S2/c1-3-16(2)19-10-4-5-11-20(19)27-13-7-12-26-18-9-6-8-17(14-18)15-21-22(25)24-23(28)29-21/h4-6,8-11,14-16H,3,7,12-13H2,1-2H3,(H,24,25,28)/b21-15+/t16-/m0/s1. The van der Waals surface area contributed by atoms with E-state index in [1.54, 1.807) is 0 Å². The lowest BCUT2D eigenvalue weighted by Crippen LogP contribution is -2.17. The van der Waals surface area contributed by atoms with Gasteiger partial charge in [-0.2, -0.15) is 0 Å². The summed E-state index contributed by atoms with van der Waals surface area (Å²) in [6.07, 6.45) is 3.69. The van der Waals surface area contributed by atoms with E-state index in [0.29, 0.717) is 28.4 Å². The topological polar surface area (TPSA) is 47.6 Å². The maximum atomic E-state index is 11.8. The van der Waals surface area contributed by atoms with Gasteiger partial charge in [0.1, 0.15) is 15.8 Å². The average molecular weight is 428 g/mol. The van der Waals surface area contributed by atoms with E-state index in [4.69, 9.17) is 21.7 Å². The van der Waals surface area contributed by atoms with Gasteiger partial charge in [-0.05, 0) is 47.7 Å². The molecule has 0 saturated carbocycles. The second-order valence-electron chi connectivity index (χ2n) is 6.82. The van der Waals surface area contributed by atoms with Gasteiger partial charge in [-0.1, -0.05) is 68.2 Å². The van der Waals surface area contributed by atoms with Crippen LogP contribution < -0.4 is 14.8 Å². The first-order valence-electron chi connectivity index (χ1n) is 9.76. The summed E-state index contributed by atoms with van der Waals surface area (Å²) in [4.78, 5) is 12.4. The Morgan fingerprint density at radius 1 is 1.14 bits per heavy atom. The second kappa shape index (κ2) is 10.5. The van der Waals surface area contributed by atoms with Gasteiger partial charge in [-0.15, -0.1) is 0 Å². The Morgan fingerprint density at radius 2 is 1.93 bits per heavy atom. The molecule has 3 rings (SSSR count). The first-order valence-corrected chi connectivity index (χ1v) is 11.0. The molecule has 0 bridgehead atoms. The molecule has 1 amide bonds. The SMILES string of the molecule is CC[C@H](C)c1ccccc1OCCCOc1cccc(/C=C2/SC(=S)NC2=O)c1. The largest absolute Gasteiger partial charge is 0.493 e. The van der Waals surface area contributed by atoms with Crippen LogP contribution in [-0.2, 0) is 4.79 Å². The lowest BCUT2D eigenvalue weighted by molar-refractivity contribution is -0.115. The molecule has 1 aliphatic heterocycles. The molecule has 0 aliphatic carbocycles. The van der Waals surface area contributed by atoms with Crippen LogP contribution in [0.3, 0.4) is 0 Å². The number of thiocarbonyl (C=S) groups is 1. The molecule has 152 valence electrons. The van der Waals surface area contributed by atoms with Crippen LogP contribution in [0, 0.1) is 0 Å². The molecule has 29 heavy (non-hydrogen) atoms. The summed E-state index contributed by atoms with van der Waals surface area (Å²) < 4.78 is 12.3. The van der Waals surface area contributed by atoms with Crippen LogP contribution in [0.1, 0.15) is 43.7 Å². The van der Waals surface area contributed by atoms with Crippen molar-refractivity contribution in [2.24, 2.45) is 0 Å². The highest BCUT2D eigenvalue weighted by atomic mass is 32.2. The van der Waals surface area contributed by atoms with Gasteiger partial charge < -0.3 is 14.8 Å². The highest BCUT2D eigenvalue weighted by Crippen LogP contribution is 2.29. The smallest absolute Gasteiger partial charge is 0.263 e. The number of ether oxygens (including phenoxy) is 2. The molecule has 1 aliphatic rings. The summed E-state index contributed by atoms with van der Waals surface area (Å²) in [6.45, 7) is 5.57. The molecule has 0 spiro atoms. The van der Waals surface area contributed by atoms with Crippen LogP contribution in [0.25, 0.3) is 6.08 Å². The average Bonchev–Trinajstić information content (AvgIpc) is 3.04. The molecule has 1 saturated heterocycles. The number of benzene rings is 2. The molecule has 2 aromatic carbocycles. The zero-order valence-electron chi connectivity index (χ0n) is 16.6. The predicted octanol–water partition coefficient (Wildman–Crippen LogP) is 5.54. The first-order chi connectivity index (χ1) is 14.1. The maximum Gasteiger partial charge on any atom is 0.263 e. The Labute approximate surface area is 181 Å². The van der Waals surface area contributed by atoms with E-state index in [-0.39, 0.29) is 5.91 Å². The lowest BCUT2D eigenvalue weighted by Gasteiger charge is -2.15. The van der Waals surface area contributed by atoms with Crippen molar-refractivity contribution in [1.29, 1.82) is 0 Å². The summed E-state index contributed by atoms with van der Waals surface area (Å²) in [5.41, 5.74) is 2.16. The minimum absolute atomic E-state index is 0.152. The summed E-state index contributed by atoms with van der Waals surface area (Å²) in [7, 11) is 0. The van der Waals surface area contributed by atoms with Crippen LogP contribution in [0.4, 0.5) is 0 Å². The Hall–Kier alpha value is -2.31. The minimum Gasteiger partial charge on any atom is -0.493 e. The Morgan fingerprint density at radius 3 is 2.69 bits per heavy atom. The van der Waals surface area contributed by atoms with Crippen molar-refractivity contribution in [3.05, 3.63) is 64.6 Å². The molecular formula is C23H25NO3S2. The fraction of sp³-hybridized carbons (Fsp3) is 0.304. The predicted molar refractivity (Wildman–Crippen MR) is 124 cm³/mol. The monoisotopic (exact) mass is 427 g/mol. The Kier molecular flexibility index (Phi) is 7.72. The molecular weight excluding hydrogens is 402 g/mol. The Balaban J connectivity index is 1.49. The maximum absolute atomic E-state index is 11.8. The van der Waals surface area contributed by atoms with E-state index in [1.807, 2.05) is 42.5 Å². The van der Waals surface area contributed by atoms with Gasteiger partial charge in [0.25, 0.3) is 5.91 Å². The van der Waals surface area contributed by atoms with Crippen LogP contribution in [-0.4, -0.2) is 23.4 Å². The van der Waals surface area contributed by atoms with E-state index in [9.17, 15) is 4.79 Å². The molecule has 1 N–H and O–H groups in total. The van der Waals surface area contributed by atoms with E-state index in [1.165, 1.54) is 17.3 Å². The van der Waals surface area contributed by atoms with Crippen molar-refractivity contribution in [2.45, 2.75) is 32.6 Å². The number of thioether (sulfide) groups is 1.